The zero-order chi connectivity index (χ0) is 17.8. The molecule has 7 heteroatoms. The maximum atomic E-state index is 12.3. The third-order valence-electron chi connectivity index (χ3n) is 3.61. The first-order chi connectivity index (χ1) is 10.5. The summed E-state index contributed by atoms with van der Waals surface area (Å²) in [6, 6.07) is 0. The van der Waals surface area contributed by atoms with Crippen molar-refractivity contribution in [1.82, 2.24) is 5.06 Å². The molecule has 2 amide bonds. The van der Waals surface area contributed by atoms with Crippen molar-refractivity contribution in [2.45, 2.75) is 60.3 Å². The highest BCUT2D eigenvalue weighted by atomic mass is 16.7. The molecule has 0 atom stereocenters. The number of hydroxylamine groups is 2. The summed E-state index contributed by atoms with van der Waals surface area (Å²) in [7, 11) is 0. The Hall–Kier alpha value is -1.92. The number of amides is 2. The van der Waals surface area contributed by atoms with Gasteiger partial charge in [0.25, 0.3) is 11.8 Å². The van der Waals surface area contributed by atoms with E-state index < -0.39 is 34.6 Å². The van der Waals surface area contributed by atoms with Crippen LogP contribution in [0.15, 0.2) is 0 Å². The van der Waals surface area contributed by atoms with E-state index in [-0.39, 0.29) is 19.3 Å². The van der Waals surface area contributed by atoms with Crippen LogP contribution in [0.5, 0.6) is 0 Å². The Balaban J connectivity index is 2.73. The fraction of sp³-hybridized carbons (Fsp3) is 0.750. The molecule has 1 rings (SSSR count). The van der Waals surface area contributed by atoms with Gasteiger partial charge in [0.15, 0.2) is 0 Å². The predicted molar refractivity (Wildman–Crippen MR) is 80.6 cm³/mol. The molecule has 0 aliphatic carbocycles. The van der Waals surface area contributed by atoms with Crippen molar-refractivity contribution in [3.05, 3.63) is 0 Å². The Kier molecular flexibility index (Phi) is 5.91. The van der Waals surface area contributed by atoms with Gasteiger partial charge in [0.1, 0.15) is 0 Å². The molecule has 0 aromatic carbocycles. The van der Waals surface area contributed by atoms with Crippen LogP contribution in [0, 0.1) is 10.8 Å². The molecule has 1 saturated heterocycles. The molecule has 0 saturated carbocycles. The monoisotopic (exact) mass is 327 g/mol. The number of ether oxygens (including phenoxy) is 1. The smallest absolute Gasteiger partial charge is 0.338 e. The summed E-state index contributed by atoms with van der Waals surface area (Å²) < 4.78 is 5.14. The molecule has 1 fully saturated rings. The van der Waals surface area contributed by atoms with E-state index in [1.165, 1.54) is 0 Å². The van der Waals surface area contributed by atoms with E-state index in [2.05, 4.69) is 0 Å². The lowest BCUT2D eigenvalue weighted by Crippen LogP contribution is -2.41. The summed E-state index contributed by atoms with van der Waals surface area (Å²) in [5, 5.41) is 0.520. The third kappa shape index (κ3) is 4.77. The molecule has 1 aliphatic rings. The van der Waals surface area contributed by atoms with E-state index in [1.54, 1.807) is 27.7 Å². The topological polar surface area (TPSA) is 90.0 Å². The molecule has 0 unspecified atom stereocenters. The number of carbonyl (C=O) groups is 4. The minimum absolute atomic E-state index is 0.0430. The van der Waals surface area contributed by atoms with Crippen molar-refractivity contribution in [3.8, 4) is 0 Å². The second-order valence-corrected chi connectivity index (χ2v) is 7.04. The molecule has 0 bridgehead atoms. The minimum atomic E-state index is -1.06. The molecule has 0 N–H and O–H groups in total. The van der Waals surface area contributed by atoms with Gasteiger partial charge in [0, 0.05) is 12.8 Å². The summed E-state index contributed by atoms with van der Waals surface area (Å²) in [5.74, 6) is -2.17. The van der Waals surface area contributed by atoms with Gasteiger partial charge in [-0.25, -0.2) is 4.79 Å². The molecule has 130 valence electrons. The molecule has 7 nitrogen and oxygen atoms in total. The number of esters is 1. The molecule has 0 aromatic heterocycles. The van der Waals surface area contributed by atoms with Gasteiger partial charge in [-0.3, -0.25) is 14.4 Å². The van der Waals surface area contributed by atoms with Crippen molar-refractivity contribution >= 4 is 23.8 Å². The van der Waals surface area contributed by atoms with Crippen molar-refractivity contribution in [3.63, 3.8) is 0 Å². The first kappa shape index (κ1) is 19.1. The maximum absolute atomic E-state index is 12.3. The lowest BCUT2D eigenvalue weighted by molar-refractivity contribution is -0.205. The van der Waals surface area contributed by atoms with E-state index in [0.717, 1.165) is 0 Å². The highest BCUT2D eigenvalue weighted by Crippen LogP contribution is 2.36. The Morgan fingerprint density at radius 3 is 1.96 bits per heavy atom. The predicted octanol–water partition coefficient (Wildman–Crippen LogP) is 1.99. The summed E-state index contributed by atoms with van der Waals surface area (Å²) in [5.41, 5.74) is -1.95. The van der Waals surface area contributed by atoms with Crippen LogP contribution in [0.3, 0.4) is 0 Å². The molecular weight excluding hydrogens is 302 g/mol. The van der Waals surface area contributed by atoms with Crippen LogP contribution >= 0.6 is 0 Å². The standard InChI is InChI=1S/C16H25NO6/c1-6-9-22-13(20)15(2,3)10-16(4,5)14(21)23-17-11(18)7-8-12(17)19/h6-10H2,1-5H3. The van der Waals surface area contributed by atoms with Crippen molar-refractivity contribution in [2.75, 3.05) is 6.61 Å². The Morgan fingerprint density at radius 2 is 1.48 bits per heavy atom. The number of nitrogens with zero attached hydrogens (tertiary/aromatic N) is 1. The summed E-state index contributed by atoms with van der Waals surface area (Å²) in [6.07, 6.45) is 0.965. The first-order valence-corrected chi connectivity index (χ1v) is 7.76. The van der Waals surface area contributed by atoms with Crippen LogP contribution in [0.4, 0.5) is 0 Å². The van der Waals surface area contributed by atoms with Crippen molar-refractivity contribution in [2.24, 2.45) is 10.8 Å². The van der Waals surface area contributed by atoms with Crippen LogP contribution in [0.1, 0.15) is 60.3 Å². The highest BCUT2D eigenvalue weighted by molar-refractivity contribution is 6.01. The molecule has 1 heterocycles. The zero-order valence-corrected chi connectivity index (χ0v) is 14.4. The molecule has 0 aromatic rings. The van der Waals surface area contributed by atoms with E-state index >= 15 is 0 Å². The quantitative estimate of drug-likeness (QED) is 0.525. The number of hydrogen-bond acceptors (Lipinski definition) is 6. The molecule has 1 aliphatic heterocycles. The van der Waals surface area contributed by atoms with Crippen molar-refractivity contribution < 1.29 is 28.8 Å². The Bertz CT molecular complexity index is 493. The molecule has 23 heavy (non-hydrogen) atoms. The number of rotatable bonds is 7. The number of carbonyl (C=O) groups excluding carboxylic acids is 4. The highest BCUT2D eigenvalue weighted by Gasteiger charge is 2.43. The zero-order valence-electron chi connectivity index (χ0n) is 14.4. The van der Waals surface area contributed by atoms with Gasteiger partial charge in [-0.1, -0.05) is 6.92 Å². The summed E-state index contributed by atoms with van der Waals surface area (Å²) in [6.45, 7) is 8.80. The second-order valence-electron chi connectivity index (χ2n) is 7.04. The Morgan fingerprint density at radius 1 is 1.00 bits per heavy atom. The normalized spacial score (nSPS) is 15.8. The summed E-state index contributed by atoms with van der Waals surface area (Å²) >= 11 is 0. The van der Waals surface area contributed by atoms with E-state index in [0.29, 0.717) is 18.1 Å². The van der Waals surface area contributed by atoms with Crippen molar-refractivity contribution in [1.29, 1.82) is 0 Å². The lowest BCUT2D eigenvalue weighted by Gasteiger charge is -2.32. The van der Waals surface area contributed by atoms with Crippen LogP contribution in [-0.4, -0.2) is 35.4 Å². The average molecular weight is 327 g/mol. The molecule has 0 spiro atoms. The van der Waals surface area contributed by atoms with E-state index in [1.807, 2.05) is 6.92 Å². The Labute approximate surface area is 136 Å². The summed E-state index contributed by atoms with van der Waals surface area (Å²) in [4.78, 5) is 52.4. The largest absolute Gasteiger partial charge is 0.465 e. The van der Waals surface area contributed by atoms with E-state index in [4.69, 9.17) is 9.57 Å². The van der Waals surface area contributed by atoms with Crippen LogP contribution in [0.2, 0.25) is 0 Å². The average Bonchev–Trinajstić information content (AvgIpc) is 2.75. The van der Waals surface area contributed by atoms with Gasteiger partial charge in [-0.15, -0.1) is 5.06 Å². The van der Waals surface area contributed by atoms with Crippen LogP contribution < -0.4 is 0 Å². The van der Waals surface area contributed by atoms with E-state index in [9.17, 15) is 19.2 Å². The fourth-order valence-corrected chi connectivity index (χ4v) is 2.50. The fourth-order valence-electron chi connectivity index (χ4n) is 2.50. The van der Waals surface area contributed by atoms with Gasteiger partial charge in [-0.2, -0.15) is 0 Å². The lowest BCUT2D eigenvalue weighted by atomic mass is 9.75. The molecular formula is C16H25NO6. The maximum Gasteiger partial charge on any atom is 0.338 e. The van der Waals surface area contributed by atoms with Crippen LogP contribution in [-0.2, 0) is 28.8 Å². The van der Waals surface area contributed by atoms with Gasteiger partial charge < -0.3 is 9.57 Å². The SMILES string of the molecule is CCCOC(=O)C(C)(C)CC(C)(C)C(=O)ON1C(=O)CCC1=O. The van der Waals surface area contributed by atoms with Gasteiger partial charge in [-0.05, 0) is 40.5 Å². The van der Waals surface area contributed by atoms with Gasteiger partial charge in [0.2, 0.25) is 0 Å². The number of imide groups is 1. The first-order valence-electron chi connectivity index (χ1n) is 7.76. The van der Waals surface area contributed by atoms with Gasteiger partial charge in [0.05, 0.1) is 17.4 Å². The van der Waals surface area contributed by atoms with Crippen LogP contribution in [0.25, 0.3) is 0 Å². The minimum Gasteiger partial charge on any atom is -0.465 e. The third-order valence-corrected chi connectivity index (χ3v) is 3.61. The van der Waals surface area contributed by atoms with Gasteiger partial charge >= 0.3 is 11.9 Å². The molecule has 0 radical (unpaired) electrons. The second kappa shape index (κ2) is 7.10. The number of hydrogen-bond donors (Lipinski definition) is 0.